The molecule has 0 aromatic heterocycles. The van der Waals surface area contributed by atoms with E-state index in [2.05, 4.69) is 5.32 Å². The van der Waals surface area contributed by atoms with Gasteiger partial charge in [0.1, 0.15) is 0 Å². The lowest BCUT2D eigenvalue weighted by atomic mass is 10.00. The van der Waals surface area contributed by atoms with Crippen LogP contribution in [0, 0.1) is 23.0 Å². The monoisotopic (exact) mass is 250 g/mol. The van der Waals surface area contributed by atoms with Gasteiger partial charge in [0, 0.05) is 37.6 Å². The summed E-state index contributed by atoms with van der Waals surface area (Å²) < 4.78 is 5.31. The van der Waals surface area contributed by atoms with Gasteiger partial charge in [0.2, 0.25) is 0 Å². The molecule has 2 rings (SSSR count). The van der Waals surface area contributed by atoms with Crippen LogP contribution in [-0.2, 0) is 4.74 Å². The molecule has 1 N–H and O–H groups in total. The zero-order valence-electron chi connectivity index (χ0n) is 10.5. The maximum atomic E-state index is 10.7. The van der Waals surface area contributed by atoms with Crippen LogP contribution in [-0.4, -0.2) is 24.7 Å². The summed E-state index contributed by atoms with van der Waals surface area (Å²) in [5.41, 5.74) is 2.03. The van der Waals surface area contributed by atoms with Gasteiger partial charge in [-0.3, -0.25) is 10.1 Å². The van der Waals surface area contributed by atoms with E-state index in [1.165, 1.54) is 6.07 Å². The Kier molecular flexibility index (Phi) is 4.15. The van der Waals surface area contributed by atoms with Crippen molar-refractivity contribution < 1.29 is 9.66 Å². The van der Waals surface area contributed by atoms with Gasteiger partial charge < -0.3 is 10.1 Å². The van der Waals surface area contributed by atoms with Crippen molar-refractivity contribution in [3.8, 4) is 0 Å². The molecule has 18 heavy (non-hydrogen) atoms. The van der Waals surface area contributed by atoms with Gasteiger partial charge in [0.25, 0.3) is 5.69 Å². The fourth-order valence-corrected chi connectivity index (χ4v) is 2.12. The van der Waals surface area contributed by atoms with Crippen molar-refractivity contribution in [3.63, 3.8) is 0 Å². The van der Waals surface area contributed by atoms with Crippen molar-refractivity contribution in [2.24, 2.45) is 5.92 Å². The fourth-order valence-electron chi connectivity index (χ4n) is 2.12. The molecule has 1 aliphatic rings. The maximum Gasteiger partial charge on any atom is 0.271 e. The number of anilines is 1. The minimum atomic E-state index is -0.362. The Morgan fingerprint density at radius 3 is 2.83 bits per heavy atom. The standard InChI is InChI=1S/C13H18N2O3/c1-10-2-3-12(15(16)17)8-13(10)14-9-11-4-6-18-7-5-11/h2-3,8,11,14H,4-7,9H2,1H3. The number of ether oxygens (including phenoxy) is 1. The topological polar surface area (TPSA) is 64.4 Å². The predicted molar refractivity (Wildman–Crippen MR) is 69.9 cm³/mol. The van der Waals surface area contributed by atoms with Gasteiger partial charge in [0.15, 0.2) is 0 Å². The molecule has 98 valence electrons. The van der Waals surface area contributed by atoms with Crippen LogP contribution in [0.25, 0.3) is 0 Å². The predicted octanol–water partition coefficient (Wildman–Crippen LogP) is 2.74. The molecular formula is C13H18N2O3. The second-order valence-electron chi connectivity index (χ2n) is 4.69. The largest absolute Gasteiger partial charge is 0.384 e. The summed E-state index contributed by atoms with van der Waals surface area (Å²) in [4.78, 5) is 10.4. The number of rotatable bonds is 4. The lowest BCUT2D eigenvalue weighted by molar-refractivity contribution is -0.384. The van der Waals surface area contributed by atoms with Gasteiger partial charge in [0.05, 0.1) is 4.92 Å². The van der Waals surface area contributed by atoms with Crippen LogP contribution in [0.15, 0.2) is 18.2 Å². The van der Waals surface area contributed by atoms with Crippen molar-refractivity contribution in [3.05, 3.63) is 33.9 Å². The second kappa shape index (κ2) is 5.82. The first-order valence-electron chi connectivity index (χ1n) is 6.23. The highest BCUT2D eigenvalue weighted by Crippen LogP contribution is 2.23. The van der Waals surface area contributed by atoms with E-state index in [-0.39, 0.29) is 10.6 Å². The molecule has 1 aromatic carbocycles. The molecule has 1 fully saturated rings. The molecule has 0 radical (unpaired) electrons. The summed E-state index contributed by atoms with van der Waals surface area (Å²) in [6.07, 6.45) is 2.11. The Morgan fingerprint density at radius 2 is 2.17 bits per heavy atom. The number of aryl methyl sites for hydroxylation is 1. The normalized spacial score (nSPS) is 16.5. The van der Waals surface area contributed by atoms with Gasteiger partial charge in [-0.1, -0.05) is 6.07 Å². The van der Waals surface area contributed by atoms with E-state index in [1.54, 1.807) is 12.1 Å². The number of nitro benzene ring substituents is 1. The molecule has 5 heteroatoms. The summed E-state index contributed by atoms with van der Waals surface area (Å²) in [5.74, 6) is 0.595. The Bertz CT molecular complexity index is 428. The molecule has 1 aliphatic heterocycles. The first kappa shape index (κ1) is 12.8. The molecule has 0 bridgehead atoms. The zero-order valence-corrected chi connectivity index (χ0v) is 10.5. The zero-order chi connectivity index (χ0) is 13.0. The van der Waals surface area contributed by atoms with E-state index in [0.717, 1.165) is 43.9 Å². The molecule has 0 spiro atoms. The Morgan fingerprint density at radius 1 is 1.44 bits per heavy atom. The highest BCUT2D eigenvalue weighted by Gasteiger charge is 2.14. The lowest BCUT2D eigenvalue weighted by Gasteiger charge is -2.23. The number of hydrogen-bond donors (Lipinski definition) is 1. The number of hydrogen-bond acceptors (Lipinski definition) is 4. The van der Waals surface area contributed by atoms with Crippen LogP contribution in [0.3, 0.4) is 0 Å². The Labute approximate surface area is 106 Å². The van der Waals surface area contributed by atoms with Crippen LogP contribution in [0.4, 0.5) is 11.4 Å². The van der Waals surface area contributed by atoms with Gasteiger partial charge in [-0.15, -0.1) is 0 Å². The molecule has 1 aromatic rings. The summed E-state index contributed by atoms with van der Waals surface area (Å²) in [6.45, 7) is 4.45. The van der Waals surface area contributed by atoms with E-state index in [9.17, 15) is 10.1 Å². The minimum Gasteiger partial charge on any atom is -0.384 e. The van der Waals surface area contributed by atoms with E-state index >= 15 is 0 Å². The van der Waals surface area contributed by atoms with E-state index in [0.29, 0.717) is 5.92 Å². The molecule has 0 unspecified atom stereocenters. The number of benzene rings is 1. The van der Waals surface area contributed by atoms with Crippen molar-refractivity contribution in [1.82, 2.24) is 0 Å². The average Bonchev–Trinajstić information content (AvgIpc) is 2.38. The van der Waals surface area contributed by atoms with Gasteiger partial charge in [-0.25, -0.2) is 0 Å². The van der Waals surface area contributed by atoms with Crippen molar-refractivity contribution in [2.45, 2.75) is 19.8 Å². The van der Waals surface area contributed by atoms with Crippen molar-refractivity contribution in [2.75, 3.05) is 25.1 Å². The smallest absolute Gasteiger partial charge is 0.271 e. The highest BCUT2D eigenvalue weighted by atomic mass is 16.6. The Hall–Kier alpha value is -1.62. The van der Waals surface area contributed by atoms with Crippen molar-refractivity contribution >= 4 is 11.4 Å². The van der Waals surface area contributed by atoms with Crippen LogP contribution < -0.4 is 5.32 Å². The van der Waals surface area contributed by atoms with Gasteiger partial charge in [-0.05, 0) is 31.2 Å². The maximum absolute atomic E-state index is 10.7. The van der Waals surface area contributed by atoms with Crippen LogP contribution in [0.5, 0.6) is 0 Å². The second-order valence-corrected chi connectivity index (χ2v) is 4.69. The molecule has 0 atom stereocenters. The van der Waals surface area contributed by atoms with Crippen molar-refractivity contribution in [1.29, 1.82) is 0 Å². The molecule has 1 heterocycles. The number of non-ortho nitro benzene ring substituents is 1. The van der Waals surface area contributed by atoms with E-state index < -0.39 is 0 Å². The van der Waals surface area contributed by atoms with Crippen LogP contribution >= 0.6 is 0 Å². The SMILES string of the molecule is Cc1ccc([N+](=O)[O-])cc1NCC1CCOCC1. The Balaban J connectivity index is 1.99. The fraction of sp³-hybridized carbons (Fsp3) is 0.538. The lowest BCUT2D eigenvalue weighted by Crippen LogP contribution is -2.22. The number of nitrogens with zero attached hydrogens (tertiary/aromatic N) is 1. The third-order valence-corrected chi connectivity index (χ3v) is 3.35. The molecular weight excluding hydrogens is 232 g/mol. The highest BCUT2D eigenvalue weighted by molar-refractivity contribution is 5.56. The molecule has 1 saturated heterocycles. The van der Waals surface area contributed by atoms with E-state index in [4.69, 9.17) is 4.74 Å². The summed E-state index contributed by atoms with van der Waals surface area (Å²) in [5, 5.41) is 14.0. The first-order valence-corrected chi connectivity index (χ1v) is 6.23. The minimum absolute atomic E-state index is 0.134. The first-order chi connectivity index (χ1) is 8.66. The third-order valence-electron chi connectivity index (χ3n) is 3.35. The molecule has 0 aliphatic carbocycles. The van der Waals surface area contributed by atoms with Crippen LogP contribution in [0.1, 0.15) is 18.4 Å². The third kappa shape index (κ3) is 3.20. The molecule has 0 amide bonds. The number of nitrogens with one attached hydrogen (secondary N) is 1. The van der Waals surface area contributed by atoms with Crippen LogP contribution in [0.2, 0.25) is 0 Å². The summed E-state index contributed by atoms with van der Waals surface area (Å²) >= 11 is 0. The number of nitro groups is 1. The molecule has 0 saturated carbocycles. The average molecular weight is 250 g/mol. The molecule has 5 nitrogen and oxygen atoms in total. The summed E-state index contributed by atoms with van der Waals surface area (Å²) in [7, 11) is 0. The van der Waals surface area contributed by atoms with E-state index in [1.807, 2.05) is 6.92 Å². The van der Waals surface area contributed by atoms with Gasteiger partial charge in [-0.2, -0.15) is 0 Å². The summed E-state index contributed by atoms with van der Waals surface area (Å²) in [6, 6.07) is 4.92. The quantitative estimate of drug-likeness (QED) is 0.659. The van der Waals surface area contributed by atoms with Gasteiger partial charge >= 0.3 is 0 Å².